The zero-order valence-electron chi connectivity index (χ0n) is 12.3. The van der Waals surface area contributed by atoms with Crippen molar-refractivity contribution < 1.29 is 14.3 Å². The van der Waals surface area contributed by atoms with E-state index in [0.717, 1.165) is 6.42 Å². The van der Waals surface area contributed by atoms with Gasteiger partial charge in [-0.2, -0.15) is 5.26 Å². The molecule has 2 aromatic rings. The molecule has 0 radical (unpaired) electrons. The summed E-state index contributed by atoms with van der Waals surface area (Å²) in [6.45, 7) is 1.85. The highest BCUT2D eigenvalue weighted by Crippen LogP contribution is 2.31. The molecule has 2 aromatic heterocycles. The van der Waals surface area contributed by atoms with E-state index < -0.39 is 11.5 Å². The molecule has 1 aliphatic rings. The molecule has 2 N–H and O–H groups in total. The van der Waals surface area contributed by atoms with E-state index in [-0.39, 0.29) is 17.7 Å². The summed E-state index contributed by atoms with van der Waals surface area (Å²) in [6, 6.07) is 5.66. The van der Waals surface area contributed by atoms with E-state index in [1.165, 1.54) is 0 Å². The molecular formula is C16H17N3O3. The van der Waals surface area contributed by atoms with Crippen LogP contribution < -0.4 is 5.32 Å². The average Bonchev–Trinajstić information content (AvgIpc) is 3.09. The van der Waals surface area contributed by atoms with Gasteiger partial charge in [-0.1, -0.05) is 0 Å². The molecule has 6 nitrogen and oxygen atoms in total. The summed E-state index contributed by atoms with van der Waals surface area (Å²) in [5, 5.41) is 22.1. The summed E-state index contributed by atoms with van der Waals surface area (Å²) in [4.78, 5) is 12.4. The van der Waals surface area contributed by atoms with Crippen molar-refractivity contribution >= 4 is 5.91 Å². The number of rotatable bonds is 4. The van der Waals surface area contributed by atoms with Crippen LogP contribution in [0.25, 0.3) is 5.88 Å². The number of aryl methyl sites for hydroxylation is 1. The van der Waals surface area contributed by atoms with Crippen LogP contribution in [-0.4, -0.2) is 27.7 Å². The molecule has 1 saturated carbocycles. The number of carbonyl (C=O) groups excluding carboxylic acids is 1. The molecule has 0 saturated heterocycles. The molecule has 0 spiro atoms. The van der Waals surface area contributed by atoms with Gasteiger partial charge in [0.05, 0.1) is 5.60 Å². The molecule has 0 bridgehead atoms. The molecule has 1 amide bonds. The third kappa shape index (κ3) is 2.40. The number of nitrogens with one attached hydrogen (secondary N) is 1. The molecule has 6 heteroatoms. The lowest BCUT2D eigenvalue weighted by atomic mass is 9.80. The summed E-state index contributed by atoms with van der Waals surface area (Å²) in [5.41, 5.74) is -0.371. The normalized spacial score (nSPS) is 15.9. The Hall–Kier alpha value is -2.52. The number of nitrogens with zero attached hydrogens (tertiary/aromatic N) is 2. The zero-order valence-corrected chi connectivity index (χ0v) is 12.3. The van der Waals surface area contributed by atoms with Crippen LogP contribution in [-0.2, 0) is 0 Å². The summed E-state index contributed by atoms with van der Waals surface area (Å²) in [6.07, 6.45) is 5.85. The SMILES string of the molecule is Cc1oc(-n2cccc2)c(C#N)c1C(=O)NCC1(O)CCC1. The van der Waals surface area contributed by atoms with Gasteiger partial charge in [0.15, 0.2) is 0 Å². The maximum atomic E-state index is 12.4. The number of aromatic nitrogens is 1. The number of aliphatic hydroxyl groups is 1. The second kappa shape index (κ2) is 5.35. The Morgan fingerprint density at radius 1 is 1.50 bits per heavy atom. The molecule has 0 aromatic carbocycles. The van der Waals surface area contributed by atoms with Crippen molar-refractivity contribution in [1.29, 1.82) is 5.26 Å². The Labute approximate surface area is 128 Å². The van der Waals surface area contributed by atoms with Crippen LogP contribution >= 0.6 is 0 Å². The zero-order chi connectivity index (χ0) is 15.7. The van der Waals surface area contributed by atoms with Crippen LogP contribution in [0.3, 0.4) is 0 Å². The van der Waals surface area contributed by atoms with Gasteiger partial charge in [0.25, 0.3) is 5.91 Å². The smallest absolute Gasteiger partial charge is 0.256 e. The summed E-state index contributed by atoms with van der Waals surface area (Å²) < 4.78 is 7.25. The van der Waals surface area contributed by atoms with Gasteiger partial charge in [-0.25, -0.2) is 0 Å². The van der Waals surface area contributed by atoms with Crippen molar-refractivity contribution in [3.05, 3.63) is 41.4 Å². The van der Waals surface area contributed by atoms with E-state index in [1.54, 1.807) is 23.9 Å². The van der Waals surface area contributed by atoms with Gasteiger partial charge in [-0.3, -0.25) is 9.36 Å². The van der Waals surface area contributed by atoms with Crippen LogP contribution in [0.15, 0.2) is 28.9 Å². The lowest BCUT2D eigenvalue weighted by Gasteiger charge is -2.36. The van der Waals surface area contributed by atoms with E-state index in [0.29, 0.717) is 24.5 Å². The summed E-state index contributed by atoms with van der Waals surface area (Å²) in [5.74, 6) is 0.326. The molecular weight excluding hydrogens is 282 g/mol. The van der Waals surface area contributed by atoms with E-state index in [9.17, 15) is 15.2 Å². The van der Waals surface area contributed by atoms with E-state index in [1.807, 2.05) is 18.2 Å². The first kappa shape index (κ1) is 14.4. The van der Waals surface area contributed by atoms with Gasteiger partial charge in [-0.05, 0) is 38.3 Å². The summed E-state index contributed by atoms with van der Waals surface area (Å²) in [7, 11) is 0. The molecule has 1 fully saturated rings. The molecule has 3 rings (SSSR count). The minimum absolute atomic E-state index is 0.195. The Bertz CT molecular complexity index is 734. The third-order valence-corrected chi connectivity index (χ3v) is 4.11. The number of hydrogen-bond acceptors (Lipinski definition) is 4. The minimum Gasteiger partial charge on any atom is -0.443 e. The molecule has 114 valence electrons. The van der Waals surface area contributed by atoms with Gasteiger partial charge < -0.3 is 14.8 Å². The number of carbonyl (C=O) groups is 1. The van der Waals surface area contributed by atoms with E-state index >= 15 is 0 Å². The molecule has 2 heterocycles. The van der Waals surface area contributed by atoms with Crippen molar-refractivity contribution in [2.75, 3.05) is 6.54 Å². The van der Waals surface area contributed by atoms with Crippen molar-refractivity contribution in [3.63, 3.8) is 0 Å². The number of amides is 1. The standard InChI is InChI=1S/C16H17N3O3/c1-11-13(14(20)18-10-16(21)5-4-6-16)12(9-17)15(22-11)19-7-2-3-8-19/h2-3,7-8,21H,4-6,10H2,1H3,(H,18,20). The Morgan fingerprint density at radius 2 is 2.18 bits per heavy atom. The Kier molecular flexibility index (Phi) is 3.51. The van der Waals surface area contributed by atoms with E-state index in [4.69, 9.17) is 4.42 Å². The van der Waals surface area contributed by atoms with Crippen molar-refractivity contribution in [1.82, 2.24) is 9.88 Å². The predicted octanol–water partition coefficient (Wildman–Crippen LogP) is 1.90. The van der Waals surface area contributed by atoms with Crippen LogP contribution in [0, 0.1) is 18.3 Å². The monoisotopic (exact) mass is 299 g/mol. The fraction of sp³-hybridized carbons (Fsp3) is 0.375. The maximum absolute atomic E-state index is 12.4. The van der Waals surface area contributed by atoms with Crippen LogP contribution in [0.4, 0.5) is 0 Å². The molecule has 22 heavy (non-hydrogen) atoms. The largest absolute Gasteiger partial charge is 0.443 e. The minimum atomic E-state index is -0.802. The van der Waals surface area contributed by atoms with Crippen molar-refractivity contribution in [2.24, 2.45) is 0 Å². The number of hydrogen-bond donors (Lipinski definition) is 2. The Balaban J connectivity index is 1.87. The topological polar surface area (TPSA) is 91.2 Å². The van der Waals surface area contributed by atoms with Crippen LogP contribution in [0.2, 0.25) is 0 Å². The fourth-order valence-electron chi connectivity index (χ4n) is 2.65. The highest BCUT2D eigenvalue weighted by molar-refractivity contribution is 5.98. The first-order valence-corrected chi connectivity index (χ1v) is 7.21. The predicted molar refractivity (Wildman–Crippen MR) is 78.6 cm³/mol. The fourth-order valence-corrected chi connectivity index (χ4v) is 2.65. The first-order valence-electron chi connectivity index (χ1n) is 7.21. The van der Waals surface area contributed by atoms with E-state index in [2.05, 4.69) is 5.32 Å². The summed E-state index contributed by atoms with van der Waals surface area (Å²) >= 11 is 0. The van der Waals surface area contributed by atoms with Gasteiger partial charge in [0, 0.05) is 18.9 Å². The molecule has 0 atom stereocenters. The van der Waals surface area contributed by atoms with Crippen molar-refractivity contribution in [2.45, 2.75) is 31.8 Å². The van der Waals surface area contributed by atoms with Crippen molar-refractivity contribution in [3.8, 4) is 12.0 Å². The highest BCUT2D eigenvalue weighted by atomic mass is 16.4. The average molecular weight is 299 g/mol. The maximum Gasteiger partial charge on any atom is 0.256 e. The molecule has 1 aliphatic carbocycles. The highest BCUT2D eigenvalue weighted by Gasteiger charge is 2.35. The first-order chi connectivity index (χ1) is 10.5. The third-order valence-electron chi connectivity index (χ3n) is 4.11. The lowest BCUT2D eigenvalue weighted by Crippen LogP contribution is -2.47. The van der Waals surface area contributed by atoms with Crippen LogP contribution in [0.5, 0.6) is 0 Å². The number of furan rings is 1. The van der Waals surface area contributed by atoms with Gasteiger partial charge in [-0.15, -0.1) is 0 Å². The molecule has 0 aliphatic heterocycles. The second-order valence-corrected chi connectivity index (χ2v) is 5.68. The lowest BCUT2D eigenvalue weighted by molar-refractivity contribution is -0.0300. The van der Waals surface area contributed by atoms with Gasteiger partial charge >= 0.3 is 0 Å². The quantitative estimate of drug-likeness (QED) is 0.902. The molecule has 0 unspecified atom stereocenters. The Morgan fingerprint density at radius 3 is 2.73 bits per heavy atom. The van der Waals surface area contributed by atoms with Crippen LogP contribution in [0.1, 0.15) is 40.9 Å². The van der Waals surface area contributed by atoms with Gasteiger partial charge in [0.2, 0.25) is 5.88 Å². The second-order valence-electron chi connectivity index (χ2n) is 5.68. The number of nitriles is 1. The van der Waals surface area contributed by atoms with Gasteiger partial charge in [0.1, 0.15) is 23.0 Å².